The maximum absolute atomic E-state index is 14.4. The molecular weight excluding hydrogens is 857 g/mol. The van der Waals surface area contributed by atoms with Gasteiger partial charge in [-0.25, -0.2) is 9.97 Å². The van der Waals surface area contributed by atoms with Gasteiger partial charge in [0.1, 0.15) is 24.8 Å². The SMILES string of the molecule is CC(=O)O[C@@H]1C[C@@H](C(=O)N[C@@H](C)c2ccc(-c3scnc3C)cc2)N(C(=O)[C@@H](NC(=O)COCCCCCN(c2ccc(-n3ccnc3)cc2)c2cc3onc(C)c3cc2C)C(C)(C)C)C1. The van der Waals surface area contributed by atoms with Gasteiger partial charge in [0.05, 0.1) is 40.7 Å². The number of nitrogens with one attached hydrogen (secondary N) is 2. The minimum Gasteiger partial charge on any atom is -0.461 e. The number of ether oxygens (including phenoxy) is 2. The number of imidazole rings is 1. The van der Waals surface area contributed by atoms with Crippen molar-refractivity contribution in [3.05, 3.63) is 107 Å². The molecule has 2 N–H and O–H groups in total. The van der Waals surface area contributed by atoms with Crippen LogP contribution in [-0.4, -0.2) is 92.8 Å². The molecule has 0 radical (unpaired) electrons. The standard InChI is InChI=1S/C50H60N8O7S/c1-31-24-41-33(3)55-65-44(41)26-42(31)57(39-18-16-38(17-19-39)56-22-20-51-29-56)21-10-9-11-23-63-28-45(60)54-47(50(6,7)8)49(62)58-27-40(64-35(5)59)25-43(58)48(61)53-32(2)36-12-14-37(15-13-36)46-34(4)52-30-66-46/h12-20,22,24,26,29-30,32,40,43,47H,9-11,21,23,25,27-28H2,1-8H3,(H,53,61)(H,54,60)/t32-,40+,43-,47+/m0/s1. The molecule has 0 saturated carbocycles. The molecule has 4 atom stereocenters. The molecule has 0 unspecified atom stereocenters. The van der Waals surface area contributed by atoms with E-state index in [0.29, 0.717) is 6.61 Å². The Morgan fingerprint density at radius 1 is 0.970 bits per heavy atom. The Morgan fingerprint density at radius 3 is 2.39 bits per heavy atom. The van der Waals surface area contributed by atoms with Crippen LogP contribution in [0.5, 0.6) is 0 Å². The van der Waals surface area contributed by atoms with Crippen LogP contribution in [-0.2, 0) is 28.7 Å². The maximum Gasteiger partial charge on any atom is 0.302 e. The highest BCUT2D eigenvalue weighted by molar-refractivity contribution is 7.13. The number of anilines is 2. The Kier molecular flexibility index (Phi) is 15.0. The zero-order chi connectivity index (χ0) is 47.1. The average Bonchev–Trinajstić information content (AvgIpc) is 4.12. The van der Waals surface area contributed by atoms with E-state index in [2.05, 4.69) is 74.0 Å². The van der Waals surface area contributed by atoms with E-state index in [4.69, 9.17) is 14.0 Å². The smallest absolute Gasteiger partial charge is 0.302 e. The van der Waals surface area contributed by atoms with E-state index < -0.39 is 41.4 Å². The van der Waals surface area contributed by atoms with Gasteiger partial charge in [0.2, 0.25) is 17.7 Å². The molecule has 1 saturated heterocycles. The molecule has 1 aliphatic heterocycles. The maximum atomic E-state index is 14.4. The monoisotopic (exact) mass is 916 g/mol. The number of carbonyl (C=O) groups is 4. The van der Waals surface area contributed by atoms with Crippen molar-refractivity contribution >= 4 is 57.4 Å². The van der Waals surface area contributed by atoms with Gasteiger partial charge in [-0.15, -0.1) is 11.3 Å². The van der Waals surface area contributed by atoms with Gasteiger partial charge >= 0.3 is 5.97 Å². The molecule has 0 bridgehead atoms. The topological polar surface area (TPSA) is 174 Å². The average molecular weight is 917 g/mol. The number of fused-ring (bicyclic) bond motifs is 1. The zero-order valence-electron chi connectivity index (χ0n) is 39.0. The summed E-state index contributed by atoms with van der Waals surface area (Å²) < 4.78 is 19.0. The molecule has 3 aromatic carbocycles. The molecule has 1 aliphatic rings. The molecular formula is C50H60N8O7S. The van der Waals surface area contributed by atoms with Crippen molar-refractivity contribution in [3.8, 4) is 16.1 Å². The number of likely N-dealkylation sites (tertiary alicyclic amines) is 1. The van der Waals surface area contributed by atoms with Crippen LogP contribution < -0.4 is 15.5 Å². The lowest BCUT2D eigenvalue weighted by Gasteiger charge is -2.35. The van der Waals surface area contributed by atoms with Crippen molar-refractivity contribution in [2.75, 3.05) is 31.2 Å². The second-order valence-corrected chi connectivity index (χ2v) is 19.0. The van der Waals surface area contributed by atoms with Crippen molar-refractivity contribution in [2.24, 2.45) is 5.41 Å². The Morgan fingerprint density at radius 2 is 1.73 bits per heavy atom. The number of rotatable bonds is 18. The van der Waals surface area contributed by atoms with Crippen molar-refractivity contribution in [3.63, 3.8) is 0 Å². The van der Waals surface area contributed by atoms with E-state index in [9.17, 15) is 19.2 Å². The Bertz CT molecular complexity index is 2620. The number of amides is 3. The molecule has 1 fully saturated rings. The number of hydrogen-bond acceptors (Lipinski definition) is 12. The highest BCUT2D eigenvalue weighted by Gasteiger charge is 2.46. The third-order valence-electron chi connectivity index (χ3n) is 12.0. The van der Waals surface area contributed by atoms with E-state index in [1.165, 1.54) is 11.8 Å². The third kappa shape index (κ3) is 11.3. The summed E-state index contributed by atoms with van der Waals surface area (Å²) in [5.41, 5.74) is 9.76. The first-order valence-corrected chi connectivity index (χ1v) is 23.3. The summed E-state index contributed by atoms with van der Waals surface area (Å²) in [5.74, 6) is -1.75. The summed E-state index contributed by atoms with van der Waals surface area (Å²) in [5, 5.41) is 11.1. The van der Waals surface area contributed by atoms with Crippen LogP contribution in [0, 0.1) is 26.2 Å². The van der Waals surface area contributed by atoms with Crippen LogP contribution in [0.25, 0.3) is 27.1 Å². The number of aryl methyl sites for hydroxylation is 3. The molecule has 4 heterocycles. The lowest BCUT2D eigenvalue weighted by molar-refractivity contribution is -0.147. The summed E-state index contributed by atoms with van der Waals surface area (Å²) in [6.07, 6.45) is 7.31. The van der Waals surface area contributed by atoms with Crippen molar-refractivity contribution in [1.29, 1.82) is 0 Å². The second kappa shape index (κ2) is 20.8. The van der Waals surface area contributed by atoms with E-state index in [1.54, 1.807) is 23.9 Å². The number of esters is 1. The first kappa shape index (κ1) is 47.6. The molecule has 0 aliphatic carbocycles. The largest absolute Gasteiger partial charge is 0.461 e. The van der Waals surface area contributed by atoms with Crippen molar-refractivity contribution in [2.45, 2.75) is 105 Å². The van der Waals surface area contributed by atoms with Gasteiger partial charge in [-0.05, 0) is 99.4 Å². The Labute approximate surface area is 389 Å². The highest BCUT2D eigenvalue weighted by Crippen LogP contribution is 2.35. The molecule has 66 heavy (non-hydrogen) atoms. The predicted octanol–water partition coefficient (Wildman–Crippen LogP) is 8.33. The number of carbonyl (C=O) groups excluding carboxylic acids is 4. The normalized spacial score (nSPS) is 16.0. The number of hydrogen-bond donors (Lipinski definition) is 2. The van der Waals surface area contributed by atoms with Crippen LogP contribution in [0.4, 0.5) is 11.4 Å². The molecule has 7 rings (SSSR count). The van der Waals surface area contributed by atoms with E-state index in [0.717, 1.165) is 86.8 Å². The Hall–Kier alpha value is -6.39. The van der Waals surface area contributed by atoms with Crippen molar-refractivity contribution < 1.29 is 33.2 Å². The fourth-order valence-electron chi connectivity index (χ4n) is 8.44. The van der Waals surface area contributed by atoms with E-state index in [1.807, 2.05) is 82.1 Å². The van der Waals surface area contributed by atoms with E-state index >= 15 is 0 Å². The van der Waals surface area contributed by atoms with Gasteiger partial charge in [0.25, 0.3) is 0 Å². The number of benzene rings is 3. The van der Waals surface area contributed by atoms with Gasteiger partial charge in [0, 0.05) is 67.4 Å². The molecule has 3 aromatic heterocycles. The minimum atomic E-state index is -0.983. The Balaban J connectivity index is 0.931. The summed E-state index contributed by atoms with van der Waals surface area (Å²) in [6, 6.07) is 18.2. The number of unbranched alkanes of at least 4 members (excludes halogenated alkanes) is 2. The number of thiazole rings is 1. The van der Waals surface area contributed by atoms with Gasteiger partial charge in [-0.3, -0.25) is 19.2 Å². The molecule has 3 amide bonds. The van der Waals surface area contributed by atoms with Gasteiger partial charge in [-0.1, -0.05) is 50.2 Å². The second-order valence-electron chi connectivity index (χ2n) is 18.1. The highest BCUT2D eigenvalue weighted by atomic mass is 32.1. The molecule has 6 aromatic rings. The first-order valence-electron chi connectivity index (χ1n) is 22.5. The molecule has 16 heteroatoms. The lowest BCUT2D eigenvalue weighted by atomic mass is 9.85. The van der Waals surface area contributed by atoms with Crippen molar-refractivity contribution in [1.82, 2.24) is 35.2 Å². The third-order valence-corrected chi connectivity index (χ3v) is 13.0. The summed E-state index contributed by atoms with van der Waals surface area (Å²) >= 11 is 1.57. The van der Waals surface area contributed by atoms with E-state index in [-0.39, 0.29) is 31.5 Å². The lowest BCUT2D eigenvalue weighted by Crippen LogP contribution is -2.58. The van der Waals surface area contributed by atoms with Crippen LogP contribution in [0.15, 0.2) is 89.4 Å². The molecule has 15 nitrogen and oxygen atoms in total. The molecule has 0 spiro atoms. The van der Waals surface area contributed by atoms with Crippen LogP contribution in [0.1, 0.15) is 88.9 Å². The van der Waals surface area contributed by atoms with Crippen LogP contribution in [0.2, 0.25) is 0 Å². The fourth-order valence-corrected chi connectivity index (χ4v) is 9.25. The summed E-state index contributed by atoms with van der Waals surface area (Å²) in [7, 11) is 0. The van der Waals surface area contributed by atoms with Gasteiger partial charge in [0.15, 0.2) is 5.58 Å². The predicted molar refractivity (Wildman–Crippen MR) is 255 cm³/mol. The molecule has 348 valence electrons. The van der Waals surface area contributed by atoms with Crippen LogP contribution >= 0.6 is 11.3 Å². The van der Waals surface area contributed by atoms with Gasteiger partial charge < -0.3 is 39.0 Å². The van der Waals surface area contributed by atoms with Crippen LogP contribution in [0.3, 0.4) is 0 Å². The van der Waals surface area contributed by atoms with Gasteiger partial charge in [-0.2, -0.15) is 0 Å². The number of aromatic nitrogens is 4. The summed E-state index contributed by atoms with van der Waals surface area (Å²) in [4.78, 5) is 67.1. The minimum absolute atomic E-state index is 0.0227. The fraction of sp³-hybridized carbons (Fsp3) is 0.420. The zero-order valence-corrected chi connectivity index (χ0v) is 39.8. The summed E-state index contributed by atoms with van der Waals surface area (Å²) in [6.45, 7) is 15.6. The number of nitrogens with zero attached hydrogens (tertiary/aromatic N) is 6. The first-order chi connectivity index (χ1) is 31.6. The quantitative estimate of drug-likeness (QED) is 0.0627.